The molecular weight excluding hydrogens is 192 g/mol. The standard InChI is InChI=1S/C11H22N2O2/c1-9-4-3-5-11(15,6-9)8-13-7-10(14)12-2/h9,13,15H,3-8H2,1-2H3,(H,12,14)/t9-,11+/m0/s1. The normalized spacial score (nSPS) is 31.3. The molecule has 0 heterocycles. The zero-order valence-corrected chi connectivity index (χ0v) is 9.68. The van der Waals surface area contributed by atoms with Gasteiger partial charge in [0.15, 0.2) is 0 Å². The van der Waals surface area contributed by atoms with Crippen LogP contribution in [0.5, 0.6) is 0 Å². The van der Waals surface area contributed by atoms with Crippen LogP contribution >= 0.6 is 0 Å². The van der Waals surface area contributed by atoms with Crippen LogP contribution in [0, 0.1) is 5.92 Å². The molecule has 1 amide bonds. The quantitative estimate of drug-likeness (QED) is 0.629. The number of nitrogens with one attached hydrogen (secondary N) is 2. The molecule has 4 heteroatoms. The van der Waals surface area contributed by atoms with Gasteiger partial charge >= 0.3 is 0 Å². The third kappa shape index (κ3) is 4.18. The predicted octanol–water partition coefficient (Wildman–Crippen LogP) is 0.263. The molecule has 0 spiro atoms. The topological polar surface area (TPSA) is 61.4 Å². The highest BCUT2D eigenvalue weighted by Gasteiger charge is 2.32. The Kier molecular flexibility index (Phi) is 4.54. The Hall–Kier alpha value is -0.610. The van der Waals surface area contributed by atoms with E-state index < -0.39 is 5.60 Å². The van der Waals surface area contributed by atoms with E-state index in [-0.39, 0.29) is 12.5 Å². The Morgan fingerprint density at radius 3 is 2.93 bits per heavy atom. The second-order valence-corrected chi connectivity index (χ2v) is 4.70. The number of amides is 1. The lowest BCUT2D eigenvalue weighted by Crippen LogP contribution is -2.46. The maximum absolute atomic E-state index is 11.0. The van der Waals surface area contributed by atoms with Crippen LogP contribution in [0.4, 0.5) is 0 Å². The number of rotatable bonds is 4. The zero-order chi connectivity index (χ0) is 11.3. The SMILES string of the molecule is CNC(=O)CNC[C@@]1(O)CCC[C@H](C)C1. The fraction of sp³-hybridized carbons (Fsp3) is 0.909. The first-order chi connectivity index (χ1) is 7.06. The minimum Gasteiger partial charge on any atom is -0.389 e. The highest BCUT2D eigenvalue weighted by atomic mass is 16.3. The van der Waals surface area contributed by atoms with E-state index in [0.29, 0.717) is 12.5 Å². The van der Waals surface area contributed by atoms with E-state index in [1.165, 1.54) is 6.42 Å². The van der Waals surface area contributed by atoms with Crippen molar-refractivity contribution in [2.24, 2.45) is 5.92 Å². The molecule has 0 aromatic heterocycles. The second-order valence-electron chi connectivity index (χ2n) is 4.70. The van der Waals surface area contributed by atoms with Gasteiger partial charge in [-0.1, -0.05) is 19.8 Å². The van der Waals surface area contributed by atoms with Crippen LogP contribution < -0.4 is 10.6 Å². The van der Waals surface area contributed by atoms with E-state index >= 15 is 0 Å². The van der Waals surface area contributed by atoms with E-state index in [4.69, 9.17) is 0 Å². The Bertz CT molecular complexity index is 221. The molecule has 1 saturated carbocycles. The maximum atomic E-state index is 11.0. The number of hydrogen-bond donors (Lipinski definition) is 3. The molecule has 0 aromatic carbocycles. The van der Waals surface area contributed by atoms with Crippen molar-refractivity contribution in [2.75, 3.05) is 20.1 Å². The molecule has 0 saturated heterocycles. The molecule has 2 atom stereocenters. The summed E-state index contributed by atoms with van der Waals surface area (Å²) in [4.78, 5) is 11.0. The number of carbonyl (C=O) groups is 1. The van der Waals surface area contributed by atoms with E-state index in [0.717, 1.165) is 19.3 Å². The van der Waals surface area contributed by atoms with Crippen molar-refractivity contribution in [3.8, 4) is 0 Å². The smallest absolute Gasteiger partial charge is 0.233 e. The van der Waals surface area contributed by atoms with Crippen LogP contribution in [0.25, 0.3) is 0 Å². The zero-order valence-electron chi connectivity index (χ0n) is 9.68. The van der Waals surface area contributed by atoms with Gasteiger partial charge in [0, 0.05) is 13.6 Å². The van der Waals surface area contributed by atoms with Gasteiger partial charge in [0.05, 0.1) is 12.1 Å². The van der Waals surface area contributed by atoms with Crippen LogP contribution in [0.15, 0.2) is 0 Å². The molecular formula is C11H22N2O2. The monoisotopic (exact) mass is 214 g/mol. The third-order valence-corrected chi connectivity index (χ3v) is 3.09. The first-order valence-corrected chi connectivity index (χ1v) is 5.69. The van der Waals surface area contributed by atoms with Gasteiger partial charge in [0.25, 0.3) is 0 Å². The van der Waals surface area contributed by atoms with Crippen LogP contribution in [-0.2, 0) is 4.79 Å². The van der Waals surface area contributed by atoms with E-state index in [2.05, 4.69) is 17.6 Å². The highest BCUT2D eigenvalue weighted by molar-refractivity contribution is 5.77. The van der Waals surface area contributed by atoms with E-state index in [1.54, 1.807) is 7.05 Å². The second kappa shape index (κ2) is 5.47. The molecule has 1 aliphatic carbocycles. The van der Waals surface area contributed by atoms with Crippen molar-refractivity contribution in [1.82, 2.24) is 10.6 Å². The van der Waals surface area contributed by atoms with Crippen LogP contribution in [0.3, 0.4) is 0 Å². The highest BCUT2D eigenvalue weighted by Crippen LogP contribution is 2.31. The number of carbonyl (C=O) groups excluding carboxylic acids is 1. The average molecular weight is 214 g/mol. The van der Waals surface area contributed by atoms with Crippen molar-refractivity contribution in [2.45, 2.75) is 38.2 Å². The van der Waals surface area contributed by atoms with E-state index in [1.807, 2.05) is 0 Å². The summed E-state index contributed by atoms with van der Waals surface area (Å²) in [6.45, 7) is 2.97. The van der Waals surface area contributed by atoms with Crippen molar-refractivity contribution < 1.29 is 9.90 Å². The fourth-order valence-electron chi connectivity index (χ4n) is 2.29. The van der Waals surface area contributed by atoms with Crippen molar-refractivity contribution in [1.29, 1.82) is 0 Å². The molecule has 0 bridgehead atoms. The molecule has 4 nitrogen and oxygen atoms in total. The third-order valence-electron chi connectivity index (χ3n) is 3.09. The summed E-state index contributed by atoms with van der Waals surface area (Å²) in [7, 11) is 1.61. The summed E-state index contributed by atoms with van der Waals surface area (Å²) < 4.78 is 0. The fourth-order valence-corrected chi connectivity index (χ4v) is 2.29. The molecule has 0 radical (unpaired) electrons. The van der Waals surface area contributed by atoms with Gasteiger partial charge in [-0.25, -0.2) is 0 Å². The number of likely N-dealkylation sites (N-methyl/N-ethyl adjacent to an activating group) is 1. The van der Waals surface area contributed by atoms with Crippen LogP contribution in [0.2, 0.25) is 0 Å². The summed E-state index contributed by atoms with van der Waals surface area (Å²) in [5.41, 5.74) is -0.605. The molecule has 0 aromatic rings. The Labute approximate surface area is 91.4 Å². The number of aliphatic hydroxyl groups is 1. The minimum absolute atomic E-state index is 0.0394. The summed E-state index contributed by atoms with van der Waals surface area (Å²) >= 11 is 0. The predicted molar refractivity (Wildman–Crippen MR) is 59.5 cm³/mol. The lowest BCUT2D eigenvalue weighted by molar-refractivity contribution is -0.120. The minimum atomic E-state index is -0.605. The largest absolute Gasteiger partial charge is 0.389 e. The maximum Gasteiger partial charge on any atom is 0.233 e. The molecule has 88 valence electrons. The molecule has 3 N–H and O–H groups in total. The molecule has 15 heavy (non-hydrogen) atoms. The number of hydrogen-bond acceptors (Lipinski definition) is 3. The van der Waals surface area contributed by atoms with Crippen LogP contribution in [-0.4, -0.2) is 36.8 Å². The first kappa shape index (κ1) is 12.5. The Morgan fingerprint density at radius 1 is 1.60 bits per heavy atom. The van der Waals surface area contributed by atoms with Crippen molar-refractivity contribution in [3.63, 3.8) is 0 Å². The molecule has 1 rings (SSSR count). The average Bonchev–Trinajstić information content (AvgIpc) is 2.16. The Morgan fingerprint density at radius 2 is 2.33 bits per heavy atom. The summed E-state index contributed by atoms with van der Waals surface area (Å²) in [6.07, 6.45) is 3.98. The Balaban J connectivity index is 2.26. The first-order valence-electron chi connectivity index (χ1n) is 5.69. The lowest BCUT2D eigenvalue weighted by atomic mass is 9.79. The summed E-state index contributed by atoms with van der Waals surface area (Å²) in [5, 5.41) is 15.8. The summed E-state index contributed by atoms with van der Waals surface area (Å²) in [6, 6.07) is 0. The van der Waals surface area contributed by atoms with Gasteiger partial charge < -0.3 is 15.7 Å². The molecule has 1 aliphatic rings. The van der Waals surface area contributed by atoms with E-state index in [9.17, 15) is 9.90 Å². The van der Waals surface area contributed by atoms with Gasteiger partial charge in [-0.15, -0.1) is 0 Å². The van der Waals surface area contributed by atoms with Gasteiger partial charge in [-0.2, -0.15) is 0 Å². The van der Waals surface area contributed by atoms with Gasteiger partial charge in [0.1, 0.15) is 0 Å². The van der Waals surface area contributed by atoms with Crippen LogP contribution in [0.1, 0.15) is 32.6 Å². The molecule has 0 aliphatic heterocycles. The molecule has 0 unspecified atom stereocenters. The molecule has 1 fully saturated rings. The van der Waals surface area contributed by atoms with Crippen molar-refractivity contribution in [3.05, 3.63) is 0 Å². The van der Waals surface area contributed by atoms with Gasteiger partial charge in [-0.05, 0) is 18.8 Å². The van der Waals surface area contributed by atoms with Gasteiger partial charge in [-0.3, -0.25) is 4.79 Å². The van der Waals surface area contributed by atoms with Crippen molar-refractivity contribution >= 4 is 5.91 Å². The summed E-state index contributed by atoms with van der Waals surface area (Å²) in [5.74, 6) is 0.549. The lowest BCUT2D eigenvalue weighted by Gasteiger charge is -2.35. The van der Waals surface area contributed by atoms with Gasteiger partial charge in [0.2, 0.25) is 5.91 Å².